The highest BCUT2D eigenvalue weighted by Gasteiger charge is 2.04. The van der Waals surface area contributed by atoms with Crippen LogP contribution in [0.15, 0.2) is 12.3 Å². The van der Waals surface area contributed by atoms with Gasteiger partial charge in [0.25, 0.3) is 0 Å². The summed E-state index contributed by atoms with van der Waals surface area (Å²) in [5.41, 5.74) is 5.37. The summed E-state index contributed by atoms with van der Waals surface area (Å²) in [6.45, 7) is 1.96. The summed E-state index contributed by atoms with van der Waals surface area (Å²) in [5.74, 6) is 0.183. The lowest BCUT2D eigenvalue weighted by Crippen LogP contribution is -2.33. The van der Waals surface area contributed by atoms with Crippen LogP contribution in [-0.4, -0.2) is 33.4 Å². The first-order valence-electron chi connectivity index (χ1n) is 4.31. The fourth-order valence-corrected chi connectivity index (χ4v) is 0.930. The molecule has 0 aliphatic heterocycles. The molecule has 0 radical (unpaired) electrons. The molecule has 0 aliphatic rings. The Bertz CT molecular complexity index is 308. The van der Waals surface area contributed by atoms with Gasteiger partial charge in [-0.25, -0.2) is 0 Å². The summed E-state index contributed by atoms with van der Waals surface area (Å²) in [7, 11) is 0. The third-order valence-electron chi connectivity index (χ3n) is 1.56. The van der Waals surface area contributed by atoms with Crippen LogP contribution in [0.2, 0.25) is 0 Å². The lowest BCUT2D eigenvalue weighted by atomic mass is 10.4. The SMILES string of the molecule is C[C@@H](O)CNC(=O)Cn1ccc(N)n1. The zero-order valence-electron chi connectivity index (χ0n) is 7.97. The smallest absolute Gasteiger partial charge is 0.241 e. The van der Waals surface area contributed by atoms with Gasteiger partial charge in [-0.1, -0.05) is 0 Å². The van der Waals surface area contributed by atoms with Gasteiger partial charge in [0.15, 0.2) is 0 Å². The Morgan fingerprint density at radius 3 is 3.07 bits per heavy atom. The Balaban J connectivity index is 2.34. The van der Waals surface area contributed by atoms with Gasteiger partial charge in [0.05, 0.1) is 6.10 Å². The first kappa shape index (κ1) is 10.5. The summed E-state index contributed by atoms with van der Waals surface area (Å²) < 4.78 is 1.44. The van der Waals surface area contributed by atoms with Crippen molar-refractivity contribution >= 4 is 11.7 Å². The second-order valence-corrected chi connectivity index (χ2v) is 3.09. The molecule has 0 aliphatic carbocycles. The molecule has 0 spiro atoms. The van der Waals surface area contributed by atoms with Crippen molar-refractivity contribution in [3.63, 3.8) is 0 Å². The largest absolute Gasteiger partial charge is 0.392 e. The van der Waals surface area contributed by atoms with Crippen LogP contribution in [0.25, 0.3) is 0 Å². The highest BCUT2D eigenvalue weighted by atomic mass is 16.3. The second kappa shape index (κ2) is 4.61. The van der Waals surface area contributed by atoms with Crippen LogP contribution < -0.4 is 11.1 Å². The number of amides is 1. The van der Waals surface area contributed by atoms with Gasteiger partial charge in [-0.2, -0.15) is 5.10 Å². The summed E-state index contributed by atoms with van der Waals surface area (Å²) in [4.78, 5) is 11.2. The molecule has 6 nitrogen and oxygen atoms in total. The van der Waals surface area contributed by atoms with Crippen LogP contribution in [0.5, 0.6) is 0 Å². The van der Waals surface area contributed by atoms with Gasteiger partial charge >= 0.3 is 0 Å². The number of nitrogens with zero attached hydrogens (tertiary/aromatic N) is 2. The number of aliphatic hydroxyl groups is 1. The quantitative estimate of drug-likeness (QED) is 0.576. The second-order valence-electron chi connectivity index (χ2n) is 3.09. The maximum absolute atomic E-state index is 11.2. The highest BCUT2D eigenvalue weighted by molar-refractivity contribution is 5.75. The molecule has 0 unspecified atom stereocenters. The molecule has 0 aromatic carbocycles. The molecule has 78 valence electrons. The summed E-state index contributed by atoms with van der Waals surface area (Å²) in [6.07, 6.45) is 1.08. The van der Waals surface area contributed by atoms with E-state index in [0.717, 1.165) is 0 Å². The molecule has 0 saturated heterocycles. The van der Waals surface area contributed by atoms with E-state index in [1.54, 1.807) is 19.2 Å². The molecule has 1 amide bonds. The highest BCUT2D eigenvalue weighted by Crippen LogP contribution is 1.94. The van der Waals surface area contributed by atoms with E-state index in [2.05, 4.69) is 10.4 Å². The minimum Gasteiger partial charge on any atom is -0.392 e. The van der Waals surface area contributed by atoms with Crippen LogP contribution in [0.1, 0.15) is 6.92 Å². The first-order valence-corrected chi connectivity index (χ1v) is 4.31. The molecule has 1 heterocycles. The van der Waals surface area contributed by atoms with E-state index in [0.29, 0.717) is 5.82 Å². The molecule has 0 fully saturated rings. The number of nitrogens with two attached hydrogens (primary N) is 1. The number of hydrogen-bond donors (Lipinski definition) is 3. The Morgan fingerprint density at radius 1 is 1.86 bits per heavy atom. The summed E-state index contributed by atoms with van der Waals surface area (Å²) in [5, 5.41) is 15.3. The van der Waals surface area contributed by atoms with Crippen molar-refractivity contribution in [2.24, 2.45) is 0 Å². The van der Waals surface area contributed by atoms with Crippen molar-refractivity contribution in [3.8, 4) is 0 Å². The van der Waals surface area contributed by atoms with Gasteiger partial charge in [0.1, 0.15) is 12.4 Å². The number of anilines is 1. The normalized spacial score (nSPS) is 12.4. The van der Waals surface area contributed by atoms with E-state index < -0.39 is 6.10 Å². The standard InChI is InChI=1S/C8H14N4O2/c1-6(13)4-10-8(14)5-12-3-2-7(9)11-12/h2-3,6,13H,4-5H2,1H3,(H2,9,11)(H,10,14)/t6-/m1/s1. The van der Waals surface area contributed by atoms with Gasteiger partial charge in [-0.15, -0.1) is 0 Å². The number of nitrogens with one attached hydrogen (secondary N) is 1. The number of aliphatic hydroxyl groups excluding tert-OH is 1. The van der Waals surface area contributed by atoms with Crippen LogP contribution in [0.3, 0.4) is 0 Å². The zero-order chi connectivity index (χ0) is 10.6. The van der Waals surface area contributed by atoms with Crippen LogP contribution in [0, 0.1) is 0 Å². The molecule has 4 N–H and O–H groups in total. The Kier molecular flexibility index (Phi) is 3.47. The Labute approximate surface area is 81.7 Å². The predicted octanol–water partition coefficient (Wildman–Crippen LogP) is -1.04. The topological polar surface area (TPSA) is 93.2 Å². The van der Waals surface area contributed by atoms with Gasteiger partial charge in [-0.3, -0.25) is 9.48 Å². The Morgan fingerprint density at radius 2 is 2.57 bits per heavy atom. The average Bonchev–Trinajstić information content (AvgIpc) is 2.48. The van der Waals surface area contributed by atoms with Crippen LogP contribution in [0.4, 0.5) is 5.82 Å². The first-order chi connectivity index (χ1) is 6.58. The van der Waals surface area contributed by atoms with E-state index in [1.165, 1.54) is 4.68 Å². The number of nitrogen functional groups attached to an aromatic ring is 1. The molecule has 0 bridgehead atoms. The molecule has 1 aromatic heterocycles. The molecule has 1 rings (SSSR count). The number of carbonyl (C=O) groups is 1. The summed E-state index contributed by atoms with van der Waals surface area (Å²) >= 11 is 0. The number of hydrogen-bond acceptors (Lipinski definition) is 4. The lowest BCUT2D eigenvalue weighted by Gasteiger charge is -2.06. The number of carbonyl (C=O) groups excluding carboxylic acids is 1. The molecular formula is C8H14N4O2. The van der Waals surface area contributed by atoms with Gasteiger partial charge < -0.3 is 16.2 Å². The van der Waals surface area contributed by atoms with Crippen molar-refractivity contribution in [1.29, 1.82) is 0 Å². The van der Waals surface area contributed by atoms with E-state index in [-0.39, 0.29) is 19.0 Å². The van der Waals surface area contributed by atoms with Crippen molar-refractivity contribution in [2.45, 2.75) is 19.6 Å². The third kappa shape index (κ3) is 3.44. The average molecular weight is 198 g/mol. The lowest BCUT2D eigenvalue weighted by molar-refractivity contribution is -0.122. The van der Waals surface area contributed by atoms with E-state index >= 15 is 0 Å². The minimum absolute atomic E-state index is 0.115. The zero-order valence-corrected chi connectivity index (χ0v) is 7.97. The van der Waals surface area contributed by atoms with Crippen molar-refractivity contribution in [3.05, 3.63) is 12.3 Å². The van der Waals surface area contributed by atoms with Crippen LogP contribution in [-0.2, 0) is 11.3 Å². The number of rotatable bonds is 4. The van der Waals surface area contributed by atoms with Crippen molar-refractivity contribution < 1.29 is 9.90 Å². The molecule has 0 saturated carbocycles. The van der Waals surface area contributed by atoms with Crippen molar-refractivity contribution in [2.75, 3.05) is 12.3 Å². The molecule has 1 atom stereocenters. The van der Waals surface area contributed by atoms with E-state index in [9.17, 15) is 4.79 Å². The third-order valence-corrected chi connectivity index (χ3v) is 1.56. The van der Waals surface area contributed by atoms with Gasteiger partial charge in [0.2, 0.25) is 5.91 Å². The van der Waals surface area contributed by atoms with Crippen LogP contribution >= 0.6 is 0 Å². The molecule has 6 heteroatoms. The van der Waals surface area contributed by atoms with E-state index in [4.69, 9.17) is 10.8 Å². The molecule has 1 aromatic rings. The maximum atomic E-state index is 11.2. The van der Waals surface area contributed by atoms with Gasteiger partial charge in [0, 0.05) is 12.7 Å². The fraction of sp³-hybridized carbons (Fsp3) is 0.500. The molecule has 14 heavy (non-hydrogen) atoms. The monoisotopic (exact) mass is 198 g/mol. The minimum atomic E-state index is -0.540. The predicted molar refractivity (Wildman–Crippen MR) is 51.3 cm³/mol. The maximum Gasteiger partial charge on any atom is 0.241 e. The van der Waals surface area contributed by atoms with E-state index in [1.807, 2.05) is 0 Å². The number of aromatic nitrogens is 2. The van der Waals surface area contributed by atoms with Gasteiger partial charge in [-0.05, 0) is 13.0 Å². The molecular weight excluding hydrogens is 184 g/mol. The fourth-order valence-electron chi connectivity index (χ4n) is 0.930. The Hall–Kier alpha value is -1.56. The summed E-state index contributed by atoms with van der Waals surface area (Å²) in [6, 6.07) is 1.61. The van der Waals surface area contributed by atoms with Crippen molar-refractivity contribution in [1.82, 2.24) is 15.1 Å².